The van der Waals surface area contributed by atoms with Crippen LogP contribution in [0.1, 0.15) is 91.0 Å². The fourth-order valence-corrected chi connectivity index (χ4v) is 9.22. The van der Waals surface area contributed by atoms with Gasteiger partial charge in [0.05, 0.1) is 27.9 Å². The van der Waals surface area contributed by atoms with Crippen LogP contribution in [-0.2, 0) is 37.1 Å². The summed E-state index contributed by atoms with van der Waals surface area (Å²) in [6.07, 6.45) is 1.46. The lowest BCUT2D eigenvalue weighted by Gasteiger charge is -2.30. The van der Waals surface area contributed by atoms with Gasteiger partial charge in [-0.15, -0.1) is 0 Å². The number of allylic oxidation sites excluding steroid dienone is 1. The summed E-state index contributed by atoms with van der Waals surface area (Å²) >= 11 is 0. The maximum absolute atomic E-state index is 14.7. The summed E-state index contributed by atoms with van der Waals surface area (Å²) in [5, 5.41) is 5.68. The molecule has 17 heteroatoms. The average Bonchev–Trinajstić information content (AvgIpc) is 3.97. The van der Waals surface area contributed by atoms with Gasteiger partial charge < -0.3 is 20.3 Å². The molecule has 3 N–H and O–H groups in total. The predicted octanol–water partition coefficient (Wildman–Crippen LogP) is 6.46. The zero-order valence-corrected chi connectivity index (χ0v) is 33.8. The number of hydrogen-bond acceptors (Lipinski definition) is 8. The Balaban J connectivity index is 1.23. The average molecular weight is 831 g/mol. The monoisotopic (exact) mass is 830 g/mol. The predicted molar refractivity (Wildman–Crippen MR) is 208 cm³/mol. The van der Waals surface area contributed by atoms with Crippen molar-refractivity contribution in [2.75, 3.05) is 11.9 Å². The second kappa shape index (κ2) is 15.2. The Morgan fingerprint density at radius 3 is 2.52 bits per heavy atom. The largest absolute Gasteiger partial charge is 0.459 e. The number of sulfonamides is 1. The molecule has 2 aromatic carbocycles. The number of nitrogens with zero attached hydrogens (tertiary/aromatic N) is 3. The van der Waals surface area contributed by atoms with E-state index in [1.165, 1.54) is 4.90 Å². The smallest absolute Gasteiger partial charge is 0.416 e. The molecule has 0 spiro atoms. The second-order valence-electron chi connectivity index (χ2n) is 17.7. The number of carbonyl (C=O) groups is 3. The molecule has 0 unspecified atom stereocenters. The van der Waals surface area contributed by atoms with Crippen LogP contribution in [0.3, 0.4) is 0 Å². The first-order valence-electron chi connectivity index (χ1n) is 19.8. The quantitative estimate of drug-likeness (QED) is 0.173. The normalized spacial score (nSPS) is 27.1. The molecule has 2 aliphatic carbocycles. The molecule has 5 atom stereocenters. The van der Waals surface area contributed by atoms with Crippen molar-refractivity contribution in [2.45, 2.75) is 127 Å². The van der Waals surface area contributed by atoms with E-state index in [1.54, 1.807) is 13.0 Å². The van der Waals surface area contributed by atoms with Gasteiger partial charge in [0.25, 0.3) is 11.9 Å². The number of nitrogens with one attached hydrogen (secondary N) is 3. The van der Waals surface area contributed by atoms with Crippen molar-refractivity contribution >= 4 is 44.5 Å². The van der Waals surface area contributed by atoms with Gasteiger partial charge in [0, 0.05) is 24.6 Å². The molecular formula is C41H50F4N6O6S. The first kappa shape index (κ1) is 41.5. The van der Waals surface area contributed by atoms with E-state index in [1.807, 2.05) is 34.9 Å². The number of anilines is 1. The van der Waals surface area contributed by atoms with Gasteiger partial charge in [-0.2, -0.15) is 18.2 Å². The van der Waals surface area contributed by atoms with Crippen LogP contribution in [0, 0.1) is 17.2 Å². The maximum Gasteiger partial charge on any atom is 0.416 e. The van der Waals surface area contributed by atoms with Crippen LogP contribution in [0.25, 0.3) is 11.0 Å². The molecule has 3 heterocycles. The van der Waals surface area contributed by atoms with Crippen LogP contribution in [-0.4, -0.2) is 75.6 Å². The molecule has 314 valence electrons. The Labute approximate surface area is 335 Å². The van der Waals surface area contributed by atoms with Gasteiger partial charge in [0.2, 0.25) is 21.8 Å². The molecule has 4 aliphatic rings. The minimum absolute atomic E-state index is 0.0459. The molecule has 1 aromatic heterocycles. The summed E-state index contributed by atoms with van der Waals surface area (Å²) in [5.74, 6) is -3.86. The zero-order chi connectivity index (χ0) is 41.8. The molecule has 3 aromatic rings. The molecule has 2 saturated carbocycles. The molecule has 3 amide bonds. The fraction of sp³-hybridized carbons (Fsp3) is 0.561. The fourth-order valence-electron chi connectivity index (χ4n) is 7.90. The van der Waals surface area contributed by atoms with Crippen LogP contribution < -0.4 is 20.1 Å². The molecule has 0 bridgehead atoms. The minimum atomic E-state index is -4.84. The van der Waals surface area contributed by atoms with E-state index in [-0.39, 0.29) is 42.9 Å². The second-order valence-corrected chi connectivity index (χ2v) is 19.9. The van der Waals surface area contributed by atoms with Gasteiger partial charge in [0.1, 0.15) is 29.5 Å². The van der Waals surface area contributed by atoms with E-state index in [9.17, 15) is 40.4 Å². The van der Waals surface area contributed by atoms with Crippen molar-refractivity contribution in [3.63, 3.8) is 0 Å². The molecule has 2 aliphatic heterocycles. The number of amides is 3. The molecule has 1 saturated heterocycles. The van der Waals surface area contributed by atoms with E-state index >= 15 is 0 Å². The van der Waals surface area contributed by atoms with Crippen LogP contribution in [0.15, 0.2) is 54.6 Å². The van der Waals surface area contributed by atoms with Crippen molar-refractivity contribution < 1.29 is 45.1 Å². The van der Waals surface area contributed by atoms with E-state index < -0.39 is 79.7 Å². The number of halogens is 4. The van der Waals surface area contributed by atoms with Crippen molar-refractivity contribution in [1.82, 2.24) is 24.5 Å². The Kier molecular flexibility index (Phi) is 10.9. The van der Waals surface area contributed by atoms with Crippen LogP contribution >= 0.6 is 0 Å². The summed E-state index contributed by atoms with van der Waals surface area (Å²) in [7, 11) is -4.05. The summed E-state index contributed by atoms with van der Waals surface area (Å²) in [4.78, 5) is 49.2. The molecule has 0 radical (unpaired) electrons. The summed E-state index contributed by atoms with van der Waals surface area (Å²) in [6, 6.07) is 7.35. The molecule has 7 rings (SSSR count). The first-order valence-corrected chi connectivity index (χ1v) is 21.3. The Bertz CT molecular complexity index is 2230. The number of ether oxygens (including phenoxy) is 1. The highest BCUT2D eigenvalue weighted by molar-refractivity contribution is 7.91. The molecule has 12 nitrogen and oxygen atoms in total. The van der Waals surface area contributed by atoms with Crippen LogP contribution in [0.2, 0.25) is 0 Å². The Hall–Kier alpha value is -4.67. The summed E-state index contributed by atoms with van der Waals surface area (Å²) < 4.78 is 91.6. The Morgan fingerprint density at radius 2 is 1.81 bits per heavy atom. The SMILES string of the molecule is CC(C)(C)Cn1c(O[C@@H]2C[C@H]3C(=O)N[C@]4(C(=O)NS(=O)(=O)C5(C)CC5)C[C@H]4/C=C\CCCCC[C@H](Nc4cc(F)cc(C(F)(F)F)c4)C(=O)N3C2)nc2ccccc21. The van der Waals surface area contributed by atoms with E-state index in [4.69, 9.17) is 9.72 Å². The number of rotatable bonds is 8. The van der Waals surface area contributed by atoms with Gasteiger partial charge in [-0.3, -0.25) is 23.7 Å². The lowest BCUT2D eigenvalue weighted by Crippen LogP contribution is -2.58. The van der Waals surface area contributed by atoms with Crippen LogP contribution in [0.5, 0.6) is 6.01 Å². The number of carbonyl (C=O) groups excluding carboxylic acids is 3. The lowest BCUT2D eigenvalue weighted by atomic mass is 9.97. The van der Waals surface area contributed by atoms with Crippen molar-refractivity contribution in [3.05, 3.63) is 66.0 Å². The first-order chi connectivity index (χ1) is 27.2. The van der Waals surface area contributed by atoms with Crippen LogP contribution in [0.4, 0.5) is 23.2 Å². The molecule has 3 fully saturated rings. The van der Waals surface area contributed by atoms with E-state index in [2.05, 4.69) is 36.1 Å². The number of imidazole rings is 1. The van der Waals surface area contributed by atoms with Crippen molar-refractivity contribution in [2.24, 2.45) is 11.3 Å². The lowest BCUT2D eigenvalue weighted by molar-refractivity contribution is -0.140. The number of alkyl halides is 3. The van der Waals surface area contributed by atoms with Gasteiger partial charge >= 0.3 is 6.18 Å². The van der Waals surface area contributed by atoms with Gasteiger partial charge in [-0.25, -0.2) is 12.8 Å². The number of aromatic nitrogens is 2. The zero-order valence-electron chi connectivity index (χ0n) is 33.0. The third-order valence-electron chi connectivity index (χ3n) is 11.6. The topological polar surface area (TPSA) is 152 Å². The van der Waals surface area contributed by atoms with Crippen molar-refractivity contribution in [1.29, 1.82) is 0 Å². The highest BCUT2D eigenvalue weighted by Crippen LogP contribution is 2.47. The van der Waals surface area contributed by atoms with E-state index in [0.29, 0.717) is 56.7 Å². The van der Waals surface area contributed by atoms with Gasteiger partial charge in [-0.1, -0.05) is 57.9 Å². The highest BCUT2D eigenvalue weighted by Gasteiger charge is 2.63. The van der Waals surface area contributed by atoms with Gasteiger partial charge in [0.15, 0.2) is 0 Å². The van der Waals surface area contributed by atoms with Crippen molar-refractivity contribution in [3.8, 4) is 6.01 Å². The molecule has 58 heavy (non-hydrogen) atoms. The minimum Gasteiger partial charge on any atom is -0.459 e. The third kappa shape index (κ3) is 8.69. The number of para-hydroxylation sites is 2. The highest BCUT2D eigenvalue weighted by atomic mass is 32.2. The van der Waals surface area contributed by atoms with Gasteiger partial charge in [-0.05, 0) is 81.2 Å². The number of benzene rings is 2. The Morgan fingerprint density at radius 1 is 1.07 bits per heavy atom. The number of fused-ring (bicyclic) bond motifs is 3. The third-order valence-corrected chi connectivity index (χ3v) is 13.7. The number of hydrogen-bond donors (Lipinski definition) is 3. The maximum atomic E-state index is 14.7. The molecular weight excluding hydrogens is 781 g/mol. The van der Waals surface area contributed by atoms with E-state index in [0.717, 1.165) is 17.6 Å². The summed E-state index contributed by atoms with van der Waals surface area (Å²) in [6.45, 7) is 8.14. The standard InChI is InChI=1S/C41H50F4N6O6S/c1-38(2,3)24-51-32-15-11-10-13-30(32)47-37(51)57-29-21-33-34(52)48-40(36(54)49-58(55,56)39(4)16-17-39)22-25(40)12-8-6-5-7-9-14-31(35(53)50(33)23-29)46-28-19-26(41(43,44)45)18-27(42)20-28/h8,10-13,15,18-20,25,29,31,33,46H,5-7,9,14,16-17,21-24H2,1-4H3,(H,48,52)(H,49,54)/b12-8-/t25-,29-,31+,33+,40-/m1/s1. The summed E-state index contributed by atoms with van der Waals surface area (Å²) in [5.41, 5.74) is -1.78.